The topological polar surface area (TPSA) is 64.1 Å². The van der Waals surface area contributed by atoms with Gasteiger partial charge in [0.15, 0.2) is 0 Å². The highest BCUT2D eigenvalue weighted by molar-refractivity contribution is 7.10. The molecule has 3 aromatic rings. The van der Waals surface area contributed by atoms with Crippen LogP contribution in [0.2, 0.25) is 5.02 Å². The standard InChI is InChI=1S/C20H16ClN3O2S/c21-18-8-13(15-9-22-12-23-10-15)6-14-7-16(26-20(14)18)11-24-19(25)4-3-17-2-1-5-27-17/h1-6,8-10,12,16H,7,11H2,(H,24,25)/b4-3+/t16-/m0/s1. The molecule has 0 saturated heterocycles. The van der Waals surface area contributed by atoms with Gasteiger partial charge in [0.2, 0.25) is 5.91 Å². The number of fused-ring (bicyclic) bond motifs is 1. The average molecular weight is 398 g/mol. The van der Waals surface area contributed by atoms with Crippen molar-refractivity contribution in [2.45, 2.75) is 12.5 Å². The minimum atomic E-state index is -0.142. The summed E-state index contributed by atoms with van der Waals surface area (Å²) >= 11 is 7.98. The molecule has 1 aliphatic rings. The molecule has 0 bridgehead atoms. The Morgan fingerprint density at radius 2 is 2.19 bits per heavy atom. The first-order chi connectivity index (χ1) is 13.2. The Labute approximate surface area is 165 Å². The maximum Gasteiger partial charge on any atom is 0.244 e. The molecule has 136 valence electrons. The summed E-state index contributed by atoms with van der Waals surface area (Å²) in [5.74, 6) is 0.543. The molecular weight excluding hydrogens is 382 g/mol. The molecule has 7 heteroatoms. The fourth-order valence-corrected chi connectivity index (χ4v) is 3.84. The Morgan fingerprint density at radius 3 is 2.96 bits per heavy atom. The highest BCUT2D eigenvalue weighted by atomic mass is 35.5. The minimum absolute atomic E-state index is 0.140. The molecule has 3 heterocycles. The van der Waals surface area contributed by atoms with Crippen molar-refractivity contribution >= 4 is 34.9 Å². The van der Waals surface area contributed by atoms with Crippen LogP contribution in [0.15, 0.2) is 54.4 Å². The molecular formula is C20H16ClN3O2S. The number of ether oxygens (including phenoxy) is 1. The van der Waals surface area contributed by atoms with Gasteiger partial charge in [-0.3, -0.25) is 4.79 Å². The van der Waals surface area contributed by atoms with Crippen molar-refractivity contribution in [1.82, 2.24) is 15.3 Å². The lowest BCUT2D eigenvalue weighted by Crippen LogP contribution is -2.33. The van der Waals surface area contributed by atoms with Gasteiger partial charge >= 0.3 is 0 Å². The van der Waals surface area contributed by atoms with E-state index < -0.39 is 0 Å². The van der Waals surface area contributed by atoms with E-state index in [2.05, 4.69) is 15.3 Å². The summed E-state index contributed by atoms with van der Waals surface area (Å²) in [6, 6.07) is 7.80. The molecule has 0 saturated carbocycles. The van der Waals surface area contributed by atoms with Gasteiger partial charge in [0.1, 0.15) is 18.2 Å². The summed E-state index contributed by atoms with van der Waals surface area (Å²) in [5.41, 5.74) is 2.87. The monoisotopic (exact) mass is 397 g/mol. The number of benzene rings is 1. The molecule has 27 heavy (non-hydrogen) atoms. The Morgan fingerprint density at radius 1 is 1.33 bits per heavy atom. The van der Waals surface area contributed by atoms with Crippen molar-refractivity contribution in [2.24, 2.45) is 0 Å². The normalized spacial score (nSPS) is 15.5. The lowest BCUT2D eigenvalue weighted by molar-refractivity contribution is -0.116. The van der Waals surface area contributed by atoms with Gasteiger partial charge < -0.3 is 10.1 Å². The first-order valence-corrected chi connectivity index (χ1v) is 9.68. The summed E-state index contributed by atoms with van der Waals surface area (Å²) in [6.45, 7) is 0.419. The van der Waals surface area contributed by atoms with Crippen LogP contribution in [0.5, 0.6) is 5.75 Å². The quantitative estimate of drug-likeness (QED) is 0.661. The number of thiophene rings is 1. The van der Waals surface area contributed by atoms with Crippen molar-refractivity contribution in [3.63, 3.8) is 0 Å². The number of halogens is 1. The Balaban J connectivity index is 1.39. The van der Waals surface area contributed by atoms with E-state index >= 15 is 0 Å². The number of carbonyl (C=O) groups excluding carboxylic acids is 1. The van der Waals surface area contributed by atoms with E-state index in [9.17, 15) is 4.79 Å². The van der Waals surface area contributed by atoms with E-state index in [-0.39, 0.29) is 12.0 Å². The van der Waals surface area contributed by atoms with Crippen LogP contribution in [-0.4, -0.2) is 28.5 Å². The SMILES string of the molecule is O=C(/C=C/c1cccs1)NC[C@@H]1Cc2cc(-c3cncnc3)cc(Cl)c2O1. The number of amides is 1. The summed E-state index contributed by atoms with van der Waals surface area (Å²) in [7, 11) is 0. The molecule has 2 aromatic heterocycles. The molecule has 0 unspecified atom stereocenters. The summed E-state index contributed by atoms with van der Waals surface area (Å²) in [4.78, 5) is 21.1. The van der Waals surface area contributed by atoms with Crippen LogP contribution in [-0.2, 0) is 11.2 Å². The highest BCUT2D eigenvalue weighted by Crippen LogP contribution is 2.39. The van der Waals surface area contributed by atoms with Crippen molar-refractivity contribution in [2.75, 3.05) is 6.54 Å². The van der Waals surface area contributed by atoms with E-state index in [1.165, 1.54) is 12.4 Å². The first kappa shape index (κ1) is 17.7. The summed E-state index contributed by atoms with van der Waals surface area (Å²) in [6.07, 6.45) is 8.87. The van der Waals surface area contributed by atoms with Crippen LogP contribution in [0.25, 0.3) is 17.2 Å². The molecule has 4 rings (SSSR count). The van der Waals surface area contributed by atoms with Crippen molar-refractivity contribution in [3.8, 4) is 16.9 Å². The van der Waals surface area contributed by atoms with E-state index in [1.807, 2.05) is 29.6 Å². The van der Waals surface area contributed by atoms with Crippen molar-refractivity contribution < 1.29 is 9.53 Å². The van der Waals surface area contributed by atoms with Crippen molar-refractivity contribution in [3.05, 3.63) is 69.9 Å². The zero-order chi connectivity index (χ0) is 18.6. The van der Waals surface area contributed by atoms with E-state index in [0.717, 1.165) is 21.6 Å². The van der Waals surface area contributed by atoms with E-state index in [0.29, 0.717) is 23.7 Å². The van der Waals surface area contributed by atoms with Crippen LogP contribution >= 0.6 is 22.9 Å². The van der Waals surface area contributed by atoms with Crippen LogP contribution in [0.3, 0.4) is 0 Å². The first-order valence-electron chi connectivity index (χ1n) is 8.43. The molecule has 0 spiro atoms. The number of hydrogen-bond donors (Lipinski definition) is 1. The molecule has 1 atom stereocenters. The van der Waals surface area contributed by atoms with E-state index in [4.69, 9.17) is 16.3 Å². The molecule has 1 N–H and O–H groups in total. The molecule has 5 nitrogen and oxygen atoms in total. The Bertz CT molecular complexity index is 974. The number of carbonyl (C=O) groups is 1. The number of hydrogen-bond acceptors (Lipinski definition) is 5. The third-order valence-corrected chi connectivity index (χ3v) is 5.31. The molecule has 0 aliphatic carbocycles. The largest absolute Gasteiger partial charge is 0.486 e. The molecule has 1 aliphatic heterocycles. The summed E-state index contributed by atoms with van der Waals surface area (Å²) < 4.78 is 5.93. The Hall–Kier alpha value is -2.70. The second-order valence-corrected chi connectivity index (χ2v) is 7.50. The van der Waals surface area contributed by atoms with Gasteiger partial charge in [-0.05, 0) is 35.2 Å². The lowest BCUT2D eigenvalue weighted by atomic mass is 10.0. The number of aromatic nitrogens is 2. The molecule has 1 aromatic carbocycles. The van der Waals surface area contributed by atoms with Gasteiger partial charge in [0.25, 0.3) is 0 Å². The van der Waals surface area contributed by atoms with Gasteiger partial charge in [-0.25, -0.2) is 9.97 Å². The maximum atomic E-state index is 12.0. The minimum Gasteiger partial charge on any atom is -0.486 e. The van der Waals surface area contributed by atoms with Gasteiger partial charge in [-0.1, -0.05) is 17.7 Å². The third-order valence-electron chi connectivity index (χ3n) is 4.19. The smallest absolute Gasteiger partial charge is 0.244 e. The predicted octanol–water partition coefficient (Wildman–Crippen LogP) is 3.99. The van der Waals surface area contributed by atoms with Crippen LogP contribution in [0.4, 0.5) is 0 Å². The number of nitrogens with zero attached hydrogens (tertiary/aromatic N) is 2. The van der Waals surface area contributed by atoms with E-state index in [1.54, 1.807) is 29.8 Å². The van der Waals surface area contributed by atoms with Crippen LogP contribution in [0, 0.1) is 0 Å². The van der Waals surface area contributed by atoms with Gasteiger partial charge in [0.05, 0.1) is 11.6 Å². The molecule has 0 fully saturated rings. The second kappa shape index (κ2) is 7.90. The summed E-state index contributed by atoms with van der Waals surface area (Å²) in [5, 5.41) is 5.40. The van der Waals surface area contributed by atoms with Crippen LogP contribution in [0.1, 0.15) is 10.4 Å². The fourth-order valence-electron chi connectivity index (χ4n) is 2.93. The number of rotatable bonds is 5. The Kier molecular flexibility index (Phi) is 5.18. The van der Waals surface area contributed by atoms with Gasteiger partial charge in [0, 0.05) is 40.9 Å². The maximum absolute atomic E-state index is 12.0. The fraction of sp³-hybridized carbons (Fsp3) is 0.150. The lowest BCUT2D eigenvalue weighted by Gasteiger charge is -2.11. The average Bonchev–Trinajstić information content (AvgIpc) is 3.35. The predicted molar refractivity (Wildman–Crippen MR) is 107 cm³/mol. The highest BCUT2D eigenvalue weighted by Gasteiger charge is 2.26. The second-order valence-electron chi connectivity index (χ2n) is 6.11. The van der Waals surface area contributed by atoms with Gasteiger partial charge in [-0.2, -0.15) is 0 Å². The zero-order valence-electron chi connectivity index (χ0n) is 14.3. The van der Waals surface area contributed by atoms with Crippen LogP contribution < -0.4 is 10.1 Å². The zero-order valence-corrected chi connectivity index (χ0v) is 15.8. The third kappa shape index (κ3) is 4.18. The molecule has 0 radical (unpaired) electrons. The van der Waals surface area contributed by atoms with Gasteiger partial charge in [-0.15, -0.1) is 11.3 Å². The number of nitrogens with one attached hydrogen (secondary N) is 1. The molecule has 1 amide bonds. The van der Waals surface area contributed by atoms with Crippen molar-refractivity contribution in [1.29, 1.82) is 0 Å².